The van der Waals surface area contributed by atoms with Crippen LogP contribution in [0.25, 0.3) is 0 Å². The molecule has 4 nitrogen and oxygen atoms in total. The zero-order valence-corrected chi connectivity index (χ0v) is 9.12. The Morgan fingerprint density at radius 2 is 1.87 bits per heavy atom. The number of carbonyl (C=O) groups is 1. The molecule has 0 spiro atoms. The van der Waals surface area contributed by atoms with E-state index in [4.69, 9.17) is 0 Å². The van der Waals surface area contributed by atoms with Crippen molar-refractivity contribution in [2.24, 2.45) is 0 Å². The number of hydrogen-bond acceptors (Lipinski definition) is 3. The summed E-state index contributed by atoms with van der Waals surface area (Å²) in [6, 6.07) is 6.87. The van der Waals surface area contributed by atoms with E-state index < -0.39 is 15.9 Å². The van der Waals surface area contributed by atoms with Gasteiger partial charge in [-0.3, -0.25) is 4.79 Å². The highest BCUT2D eigenvalue weighted by molar-refractivity contribution is 7.90. The molecule has 1 fully saturated rings. The molecular formula is C10H11NO3S. The van der Waals surface area contributed by atoms with E-state index in [9.17, 15) is 13.2 Å². The van der Waals surface area contributed by atoms with E-state index in [1.54, 1.807) is 24.3 Å². The van der Waals surface area contributed by atoms with Crippen LogP contribution >= 0.6 is 0 Å². The van der Waals surface area contributed by atoms with Crippen LogP contribution in [0, 0.1) is 6.92 Å². The molecule has 0 atom stereocenters. The van der Waals surface area contributed by atoms with Gasteiger partial charge in [-0.1, -0.05) is 17.7 Å². The van der Waals surface area contributed by atoms with Crippen molar-refractivity contribution in [2.45, 2.75) is 6.92 Å². The van der Waals surface area contributed by atoms with Crippen LogP contribution in [0.3, 0.4) is 0 Å². The summed E-state index contributed by atoms with van der Waals surface area (Å²) in [5, 5.41) is 0. The third kappa shape index (κ3) is 1.74. The summed E-state index contributed by atoms with van der Waals surface area (Å²) in [5.41, 5.74) is 1.46. The highest BCUT2D eigenvalue weighted by atomic mass is 32.2. The predicted molar refractivity (Wildman–Crippen MR) is 56.0 cm³/mol. The second kappa shape index (κ2) is 3.34. The van der Waals surface area contributed by atoms with Crippen LogP contribution in [0.4, 0.5) is 0 Å². The minimum atomic E-state index is -3.30. The normalized spacial score (nSPS) is 18.3. The monoisotopic (exact) mass is 225 g/mol. The minimum absolute atomic E-state index is 0.0740. The highest BCUT2D eigenvalue weighted by Crippen LogP contribution is 2.17. The maximum Gasteiger partial charge on any atom is 0.267 e. The van der Waals surface area contributed by atoms with Gasteiger partial charge in [-0.2, -0.15) is 0 Å². The van der Waals surface area contributed by atoms with Crippen molar-refractivity contribution in [3.05, 3.63) is 35.4 Å². The third-order valence-corrected chi connectivity index (χ3v) is 4.13. The summed E-state index contributed by atoms with van der Waals surface area (Å²) in [6.07, 6.45) is 0. The van der Waals surface area contributed by atoms with E-state index in [1.165, 1.54) is 0 Å². The van der Waals surface area contributed by atoms with Crippen LogP contribution < -0.4 is 0 Å². The van der Waals surface area contributed by atoms with Gasteiger partial charge in [0.15, 0.2) is 0 Å². The molecule has 0 unspecified atom stereocenters. The van der Waals surface area contributed by atoms with Gasteiger partial charge in [-0.25, -0.2) is 12.7 Å². The molecule has 80 valence electrons. The molecule has 1 aromatic rings. The van der Waals surface area contributed by atoms with E-state index in [0.29, 0.717) is 12.1 Å². The van der Waals surface area contributed by atoms with Crippen molar-refractivity contribution in [3.8, 4) is 0 Å². The Balaban J connectivity index is 2.26. The van der Waals surface area contributed by atoms with Gasteiger partial charge in [0.05, 0.1) is 12.3 Å². The number of hydrogen-bond donors (Lipinski definition) is 0. The van der Waals surface area contributed by atoms with E-state index in [1.807, 2.05) is 6.92 Å². The molecule has 0 aromatic heterocycles. The van der Waals surface area contributed by atoms with Crippen LogP contribution in [0.2, 0.25) is 0 Å². The van der Waals surface area contributed by atoms with Crippen LogP contribution in [-0.2, 0) is 10.0 Å². The van der Waals surface area contributed by atoms with E-state index >= 15 is 0 Å². The lowest BCUT2D eigenvalue weighted by Gasteiger charge is -2.30. The van der Waals surface area contributed by atoms with E-state index in [0.717, 1.165) is 9.87 Å². The van der Waals surface area contributed by atoms with Gasteiger partial charge >= 0.3 is 0 Å². The molecular weight excluding hydrogens is 214 g/mol. The average Bonchev–Trinajstić information content (AvgIpc) is 2.17. The van der Waals surface area contributed by atoms with Crippen molar-refractivity contribution < 1.29 is 13.2 Å². The zero-order chi connectivity index (χ0) is 11.1. The first kappa shape index (κ1) is 10.2. The Morgan fingerprint density at radius 1 is 1.27 bits per heavy atom. The number of rotatable bonds is 1. The molecule has 0 bridgehead atoms. The summed E-state index contributed by atoms with van der Waals surface area (Å²) in [6.45, 7) is 2.21. The summed E-state index contributed by atoms with van der Waals surface area (Å²) in [7, 11) is -3.30. The summed E-state index contributed by atoms with van der Waals surface area (Å²) >= 11 is 0. The third-order valence-electron chi connectivity index (χ3n) is 2.41. The minimum Gasteiger partial charge on any atom is -0.268 e. The first-order valence-corrected chi connectivity index (χ1v) is 6.23. The summed E-state index contributed by atoms with van der Waals surface area (Å²) < 4.78 is 23.3. The van der Waals surface area contributed by atoms with Gasteiger partial charge in [-0.05, 0) is 19.1 Å². The standard InChI is InChI=1S/C10H11NO3S/c1-8-2-4-9(5-3-8)10(12)11-6-7-15(11,13)14/h2-5H,6-7H2,1H3. The number of nitrogens with zero attached hydrogens (tertiary/aromatic N) is 1. The topological polar surface area (TPSA) is 54.5 Å². The SMILES string of the molecule is Cc1ccc(C(=O)N2CCS2(=O)=O)cc1. The van der Waals surface area contributed by atoms with Crippen molar-refractivity contribution in [1.29, 1.82) is 0 Å². The van der Waals surface area contributed by atoms with Crippen LogP contribution in [0.15, 0.2) is 24.3 Å². The number of amides is 1. The molecule has 0 aliphatic carbocycles. The van der Waals surface area contributed by atoms with Gasteiger partial charge < -0.3 is 0 Å². The van der Waals surface area contributed by atoms with Gasteiger partial charge in [0.1, 0.15) is 0 Å². The lowest BCUT2D eigenvalue weighted by atomic mass is 10.1. The van der Waals surface area contributed by atoms with E-state index in [-0.39, 0.29) is 5.75 Å². The van der Waals surface area contributed by atoms with Crippen LogP contribution in [0.5, 0.6) is 0 Å². The van der Waals surface area contributed by atoms with Crippen molar-refractivity contribution in [2.75, 3.05) is 12.3 Å². The second-order valence-electron chi connectivity index (χ2n) is 3.56. The maximum atomic E-state index is 11.7. The zero-order valence-electron chi connectivity index (χ0n) is 8.30. The van der Waals surface area contributed by atoms with Gasteiger partial charge in [-0.15, -0.1) is 0 Å². The number of carbonyl (C=O) groups excluding carboxylic acids is 1. The maximum absolute atomic E-state index is 11.7. The fraction of sp³-hybridized carbons (Fsp3) is 0.300. The predicted octanol–water partition coefficient (Wildman–Crippen LogP) is 0.781. The van der Waals surface area contributed by atoms with Crippen molar-refractivity contribution in [3.63, 3.8) is 0 Å². The van der Waals surface area contributed by atoms with Gasteiger partial charge in [0.25, 0.3) is 5.91 Å². The van der Waals surface area contributed by atoms with Gasteiger partial charge in [0.2, 0.25) is 10.0 Å². The Hall–Kier alpha value is -1.36. The Bertz CT molecular complexity index is 490. The Labute approximate surface area is 88.6 Å². The molecule has 2 rings (SSSR count). The highest BCUT2D eigenvalue weighted by Gasteiger charge is 2.36. The average molecular weight is 225 g/mol. The smallest absolute Gasteiger partial charge is 0.267 e. The number of aryl methyl sites for hydroxylation is 1. The lowest BCUT2D eigenvalue weighted by molar-refractivity contribution is 0.0850. The molecule has 1 aromatic carbocycles. The molecule has 1 aliphatic rings. The summed E-state index contributed by atoms with van der Waals surface area (Å²) in [5.74, 6) is -0.355. The molecule has 1 amide bonds. The summed E-state index contributed by atoms with van der Waals surface area (Å²) in [4.78, 5) is 11.7. The van der Waals surface area contributed by atoms with Gasteiger partial charge in [0, 0.05) is 5.56 Å². The first-order chi connectivity index (χ1) is 7.00. The number of benzene rings is 1. The molecule has 1 saturated heterocycles. The first-order valence-electron chi connectivity index (χ1n) is 4.62. The van der Waals surface area contributed by atoms with Crippen LogP contribution in [0.1, 0.15) is 15.9 Å². The molecule has 15 heavy (non-hydrogen) atoms. The Morgan fingerprint density at radius 3 is 2.27 bits per heavy atom. The molecule has 1 heterocycles. The fourth-order valence-corrected chi connectivity index (χ4v) is 2.42. The number of sulfonamides is 1. The second-order valence-corrected chi connectivity index (χ2v) is 5.57. The fourth-order valence-electron chi connectivity index (χ4n) is 1.40. The van der Waals surface area contributed by atoms with E-state index in [2.05, 4.69) is 0 Å². The van der Waals surface area contributed by atoms with Crippen molar-refractivity contribution >= 4 is 15.9 Å². The molecule has 1 aliphatic heterocycles. The quantitative estimate of drug-likeness (QED) is 0.709. The molecule has 0 radical (unpaired) electrons. The molecule has 5 heteroatoms. The Kier molecular flexibility index (Phi) is 2.26. The lowest BCUT2D eigenvalue weighted by Crippen LogP contribution is -2.50. The van der Waals surface area contributed by atoms with Crippen LogP contribution in [-0.4, -0.2) is 30.9 Å². The molecule has 0 N–H and O–H groups in total. The largest absolute Gasteiger partial charge is 0.268 e. The molecule has 0 saturated carbocycles. The van der Waals surface area contributed by atoms with Crippen molar-refractivity contribution in [1.82, 2.24) is 4.31 Å².